The number of aromatic nitrogens is 1. The van der Waals surface area contributed by atoms with Crippen molar-refractivity contribution in [3.63, 3.8) is 0 Å². The van der Waals surface area contributed by atoms with Crippen LogP contribution in [0, 0.1) is 11.3 Å². The fourth-order valence-electron chi connectivity index (χ4n) is 2.00. The van der Waals surface area contributed by atoms with E-state index in [1.807, 2.05) is 12.1 Å². The van der Waals surface area contributed by atoms with Crippen LogP contribution < -0.4 is 10.6 Å². The van der Waals surface area contributed by atoms with Crippen LogP contribution in [0.1, 0.15) is 27.7 Å². The average Bonchev–Trinajstić information content (AvgIpc) is 2.47. The first-order valence-corrected chi connectivity index (χ1v) is 5.80. The summed E-state index contributed by atoms with van der Waals surface area (Å²) in [6.45, 7) is 0. The van der Waals surface area contributed by atoms with E-state index in [9.17, 15) is 4.79 Å². The van der Waals surface area contributed by atoms with Crippen molar-refractivity contribution in [1.82, 2.24) is 10.3 Å². The van der Waals surface area contributed by atoms with Crippen LogP contribution in [0.3, 0.4) is 0 Å². The van der Waals surface area contributed by atoms with Gasteiger partial charge < -0.3 is 10.6 Å². The SMILES string of the molecule is N#Cc1ccc([C@H]2NC(=O)c3cccnc3N2)cc1. The Balaban J connectivity index is 1.92. The van der Waals surface area contributed by atoms with Crippen LogP contribution in [0.5, 0.6) is 0 Å². The number of nitriles is 1. The lowest BCUT2D eigenvalue weighted by atomic mass is 10.1. The first kappa shape index (κ1) is 11.2. The topological polar surface area (TPSA) is 77.8 Å². The Kier molecular flexibility index (Phi) is 2.62. The summed E-state index contributed by atoms with van der Waals surface area (Å²) >= 11 is 0. The third-order valence-corrected chi connectivity index (χ3v) is 2.98. The maximum atomic E-state index is 11.9. The van der Waals surface area contributed by atoms with Gasteiger partial charge in [-0.2, -0.15) is 5.26 Å². The third kappa shape index (κ3) is 2.00. The van der Waals surface area contributed by atoms with Gasteiger partial charge in [0, 0.05) is 6.20 Å². The number of fused-ring (bicyclic) bond motifs is 1. The molecule has 1 atom stereocenters. The lowest BCUT2D eigenvalue weighted by Crippen LogP contribution is -2.38. The molecule has 2 heterocycles. The Labute approximate surface area is 109 Å². The van der Waals surface area contributed by atoms with E-state index in [1.165, 1.54) is 0 Å². The molecule has 0 unspecified atom stereocenters. The van der Waals surface area contributed by atoms with Crippen LogP contribution in [0.2, 0.25) is 0 Å². The minimum absolute atomic E-state index is 0.156. The fourth-order valence-corrected chi connectivity index (χ4v) is 2.00. The Morgan fingerprint density at radius 3 is 2.68 bits per heavy atom. The molecule has 5 heteroatoms. The lowest BCUT2D eigenvalue weighted by molar-refractivity contribution is 0.0935. The maximum Gasteiger partial charge on any atom is 0.256 e. The highest BCUT2D eigenvalue weighted by molar-refractivity contribution is 6.00. The monoisotopic (exact) mass is 250 g/mol. The highest BCUT2D eigenvalue weighted by atomic mass is 16.2. The van der Waals surface area contributed by atoms with Gasteiger partial charge in [0.2, 0.25) is 0 Å². The standard InChI is InChI=1S/C14H10N4O/c15-8-9-3-5-10(6-4-9)12-17-13-11(14(19)18-12)2-1-7-16-13/h1-7,12H,(H,16,17)(H,18,19)/t12-/m1/s1. The van der Waals surface area contributed by atoms with Gasteiger partial charge in [-0.3, -0.25) is 4.79 Å². The van der Waals surface area contributed by atoms with Crippen LogP contribution in [0.15, 0.2) is 42.6 Å². The first-order chi connectivity index (χ1) is 9.28. The zero-order valence-corrected chi connectivity index (χ0v) is 9.92. The summed E-state index contributed by atoms with van der Waals surface area (Å²) in [5.41, 5.74) is 2.00. The number of pyridine rings is 1. The Morgan fingerprint density at radius 1 is 1.16 bits per heavy atom. The van der Waals surface area contributed by atoms with Crippen molar-refractivity contribution in [1.29, 1.82) is 5.26 Å². The lowest BCUT2D eigenvalue weighted by Gasteiger charge is -2.27. The van der Waals surface area contributed by atoms with Gasteiger partial charge in [0.15, 0.2) is 0 Å². The Morgan fingerprint density at radius 2 is 1.95 bits per heavy atom. The van der Waals surface area contributed by atoms with Gasteiger partial charge in [0.25, 0.3) is 5.91 Å². The number of amides is 1. The number of nitrogens with zero attached hydrogens (tertiary/aromatic N) is 2. The van der Waals surface area contributed by atoms with Crippen LogP contribution in [-0.4, -0.2) is 10.9 Å². The van der Waals surface area contributed by atoms with Crippen molar-refractivity contribution in [3.8, 4) is 6.07 Å². The van der Waals surface area contributed by atoms with E-state index >= 15 is 0 Å². The molecule has 2 N–H and O–H groups in total. The second-order valence-corrected chi connectivity index (χ2v) is 4.18. The van der Waals surface area contributed by atoms with E-state index in [1.54, 1.807) is 30.5 Å². The maximum absolute atomic E-state index is 11.9. The average molecular weight is 250 g/mol. The molecular weight excluding hydrogens is 240 g/mol. The van der Waals surface area contributed by atoms with Gasteiger partial charge in [0.05, 0.1) is 17.2 Å². The molecule has 2 aromatic rings. The fraction of sp³-hybridized carbons (Fsp3) is 0.0714. The molecule has 0 aliphatic carbocycles. The molecule has 0 saturated heterocycles. The van der Waals surface area contributed by atoms with Crippen molar-refractivity contribution in [3.05, 3.63) is 59.3 Å². The second-order valence-electron chi connectivity index (χ2n) is 4.18. The summed E-state index contributed by atoms with van der Waals surface area (Å²) in [4.78, 5) is 16.1. The molecule has 0 saturated carbocycles. The molecule has 1 aliphatic rings. The zero-order valence-electron chi connectivity index (χ0n) is 9.92. The summed E-state index contributed by atoms with van der Waals surface area (Å²) in [5, 5.41) is 14.8. The van der Waals surface area contributed by atoms with E-state index in [2.05, 4.69) is 21.7 Å². The van der Waals surface area contributed by atoms with E-state index in [0.29, 0.717) is 16.9 Å². The smallest absolute Gasteiger partial charge is 0.256 e. The summed E-state index contributed by atoms with van der Waals surface area (Å²) in [6, 6.07) is 12.6. The van der Waals surface area contributed by atoms with Crippen molar-refractivity contribution in [2.24, 2.45) is 0 Å². The number of carbonyl (C=O) groups is 1. The third-order valence-electron chi connectivity index (χ3n) is 2.98. The number of benzene rings is 1. The summed E-state index contributed by atoms with van der Waals surface area (Å²) in [7, 11) is 0. The number of anilines is 1. The number of rotatable bonds is 1. The first-order valence-electron chi connectivity index (χ1n) is 5.80. The largest absolute Gasteiger partial charge is 0.346 e. The molecule has 3 rings (SSSR count). The van der Waals surface area contributed by atoms with Crippen molar-refractivity contribution < 1.29 is 4.79 Å². The van der Waals surface area contributed by atoms with Gasteiger partial charge >= 0.3 is 0 Å². The number of nitrogens with one attached hydrogen (secondary N) is 2. The van der Waals surface area contributed by atoms with Crippen molar-refractivity contribution in [2.75, 3.05) is 5.32 Å². The Hall–Kier alpha value is -2.87. The molecule has 1 amide bonds. The van der Waals surface area contributed by atoms with Gasteiger partial charge in [-0.1, -0.05) is 12.1 Å². The zero-order chi connectivity index (χ0) is 13.2. The molecule has 0 fully saturated rings. The van der Waals surface area contributed by atoms with Gasteiger partial charge in [-0.25, -0.2) is 4.98 Å². The van der Waals surface area contributed by atoms with Gasteiger partial charge in [-0.05, 0) is 29.8 Å². The minimum Gasteiger partial charge on any atom is -0.346 e. The molecule has 1 aromatic carbocycles. The van der Waals surface area contributed by atoms with Crippen LogP contribution >= 0.6 is 0 Å². The summed E-state index contributed by atoms with van der Waals surface area (Å²) in [6.07, 6.45) is 1.31. The minimum atomic E-state index is -0.331. The van der Waals surface area contributed by atoms with E-state index in [4.69, 9.17) is 5.26 Å². The Bertz CT molecular complexity index is 673. The predicted molar refractivity (Wildman–Crippen MR) is 69.2 cm³/mol. The van der Waals surface area contributed by atoms with E-state index in [0.717, 1.165) is 5.56 Å². The number of hydrogen-bond acceptors (Lipinski definition) is 4. The van der Waals surface area contributed by atoms with Gasteiger partial charge in [0.1, 0.15) is 12.0 Å². The van der Waals surface area contributed by atoms with Crippen LogP contribution in [0.25, 0.3) is 0 Å². The summed E-state index contributed by atoms with van der Waals surface area (Å²) in [5.74, 6) is 0.414. The molecule has 0 radical (unpaired) electrons. The second kappa shape index (κ2) is 4.42. The van der Waals surface area contributed by atoms with Gasteiger partial charge in [-0.15, -0.1) is 0 Å². The molecular formula is C14H10N4O. The molecule has 1 aliphatic heterocycles. The molecule has 0 spiro atoms. The van der Waals surface area contributed by atoms with Crippen molar-refractivity contribution >= 4 is 11.7 Å². The highest BCUT2D eigenvalue weighted by Crippen LogP contribution is 2.24. The van der Waals surface area contributed by atoms with Crippen molar-refractivity contribution in [2.45, 2.75) is 6.17 Å². The predicted octanol–water partition coefficient (Wildman–Crippen LogP) is 1.81. The number of hydrogen-bond donors (Lipinski definition) is 2. The molecule has 5 nitrogen and oxygen atoms in total. The van der Waals surface area contributed by atoms with Crippen LogP contribution in [-0.2, 0) is 0 Å². The molecule has 92 valence electrons. The molecule has 19 heavy (non-hydrogen) atoms. The quantitative estimate of drug-likeness (QED) is 0.809. The van der Waals surface area contributed by atoms with E-state index in [-0.39, 0.29) is 12.1 Å². The molecule has 0 bridgehead atoms. The number of carbonyl (C=O) groups excluding carboxylic acids is 1. The summed E-state index contributed by atoms with van der Waals surface area (Å²) < 4.78 is 0. The van der Waals surface area contributed by atoms with Crippen LogP contribution in [0.4, 0.5) is 5.82 Å². The highest BCUT2D eigenvalue weighted by Gasteiger charge is 2.24. The molecule has 1 aromatic heterocycles. The van der Waals surface area contributed by atoms with E-state index < -0.39 is 0 Å². The normalized spacial score (nSPS) is 16.8.